The molecule has 4 nitrogen and oxygen atoms in total. The predicted molar refractivity (Wildman–Crippen MR) is 63.1 cm³/mol. The van der Waals surface area contributed by atoms with Crippen LogP contribution in [0.2, 0.25) is 0 Å². The van der Waals surface area contributed by atoms with Crippen LogP contribution >= 0.6 is 0 Å². The van der Waals surface area contributed by atoms with E-state index in [1.807, 2.05) is 0 Å². The molecular weight excluding hydrogens is 188 g/mol. The second-order valence-electron chi connectivity index (χ2n) is 4.35. The van der Waals surface area contributed by atoms with Crippen molar-refractivity contribution in [1.82, 2.24) is 15.2 Å². The van der Waals surface area contributed by atoms with Gasteiger partial charge in [0.2, 0.25) is 0 Å². The second-order valence-corrected chi connectivity index (χ2v) is 4.35. The number of hydrogen-bond acceptors (Lipinski definition) is 4. The number of likely N-dealkylation sites (N-methyl/N-ethyl adjacent to an activating group) is 2. The Balaban J connectivity index is 2.65. The number of nitrogens with one attached hydrogen (secondary N) is 1. The van der Waals surface area contributed by atoms with Gasteiger partial charge in [0.25, 0.3) is 0 Å². The summed E-state index contributed by atoms with van der Waals surface area (Å²) < 4.78 is 0. The molecule has 0 radical (unpaired) electrons. The number of nitrogens with zero attached hydrogens (tertiary/aromatic N) is 2. The van der Waals surface area contributed by atoms with Gasteiger partial charge in [-0.15, -0.1) is 12.3 Å². The third-order valence-corrected chi connectivity index (χ3v) is 3.13. The molecule has 86 valence electrons. The molecule has 15 heavy (non-hydrogen) atoms. The van der Waals surface area contributed by atoms with Crippen LogP contribution in [0.25, 0.3) is 0 Å². The van der Waals surface area contributed by atoms with E-state index >= 15 is 0 Å². The van der Waals surface area contributed by atoms with Crippen LogP contribution in [-0.2, 0) is 0 Å². The lowest BCUT2D eigenvalue weighted by molar-refractivity contribution is 0.179. The summed E-state index contributed by atoms with van der Waals surface area (Å²) in [5.74, 6) is 8.24. The van der Waals surface area contributed by atoms with Gasteiger partial charge in [0.05, 0.1) is 0 Å². The molecule has 1 aliphatic rings. The standard InChI is InChI=1S/C11H22N4/c1-4-6-10(13-12)11-9-14(2)7-5-8-15(11)3/h1,10-11,13H,5-9,12H2,2-3H3. The van der Waals surface area contributed by atoms with Crippen LogP contribution in [0.15, 0.2) is 0 Å². The summed E-state index contributed by atoms with van der Waals surface area (Å²) >= 11 is 0. The molecule has 4 heteroatoms. The van der Waals surface area contributed by atoms with E-state index in [2.05, 4.69) is 35.2 Å². The molecule has 0 amide bonds. The number of terminal acetylenes is 1. The molecule has 2 atom stereocenters. The molecular formula is C11H22N4. The van der Waals surface area contributed by atoms with Crippen LogP contribution in [0.4, 0.5) is 0 Å². The van der Waals surface area contributed by atoms with Gasteiger partial charge in [-0.3, -0.25) is 11.3 Å². The van der Waals surface area contributed by atoms with Crippen LogP contribution in [0.3, 0.4) is 0 Å². The van der Waals surface area contributed by atoms with Gasteiger partial charge >= 0.3 is 0 Å². The third kappa shape index (κ3) is 3.47. The Labute approximate surface area is 92.8 Å². The van der Waals surface area contributed by atoms with Crippen molar-refractivity contribution >= 4 is 0 Å². The summed E-state index contributed by atoms with van der Waals surface area (Å²) in [6, 6.07) is 0.582. The largest absolute Gasteiger partial charge is 0.305 e. The van der Waals surface area contributed by atoms with Crippen molar-refractivity contribution in [3.8, 4) is 12.3 Å². The van der Waals surface area contributed by atoms with E-state index in [1.54, 1.807) is 0 Å². The highest BCUT2D eigenvalue weighted by molar-refractivity contribution is 4.96. The van der Waals surface area contributed by atoms with Crippen molar-refractivity contribution < 1.29 is 0 Å². The van der Waals surface area contributed by atoms with Crippen molar-refractivity contribution in [3.63, 3.8) is 0 Å². The lowest BCUT2D eigenvalue weighted by atomic mass is 10.0. The van der Waals surface area contributed by atoms with Crippen LogP contribution in [0, 0.1) is 12.3 Å². The Morgan fingerprint density at radius 1 is 1.53 bits per heavy atom. The highest BCUT2D eigenvalue weighted by Gasteiger charge is 2.27. The van der Waals surface area contributed by atoms with Crippen LogP contribution in [0.5, 0.6) is 0 Å². The lowest BCUT2D eigenvalue weighted by Gasteiger charge is -2.33. The summed E-state index contributed by atoms with van der Waals surface area (Å²) in [5.41, 5.74) is 2.84. The Morgan fingerprint density at radius 3 is 2.87 bits per heavy atom. The van der Waals surface area contributed by atoms with Crippen molar-refractivity contribution in [2.24, 2.45) is 5.84 Å². The van der Waals surface area contributed by atoms with Gasteiger partial charge in [0, 0.05) is 25.0 Å². The first-order valence-corrected chi connectivity index (χ1v) is 5.47. The number of rotatable bonds is 3. The molecule has 1 saturated heterocycles. The Hall–Kier alpha value is -0.600. The average molecular weight is 210 g/mol. The van der Waals surface area contributed by atoms with Gasteiger partial charge in [-0.05, 0) is 33.6 Å². The summed E-state index contributed by atoms with van der Waals surface area (Å²) in [5, 5.41) is 0. The molecule has 0 bridgehead atoms. The molecule has 1 rings (SSSR count). The molecule has 0 aliphatic carbocycles. The quantitative estimate of drug-likeness (QED) is 0.374. The smallest absolute Gasteiger partial charge is 0.0487 e. The molecule has 0 aromatic heterocycles. The Morgan fingerprint density at radius 2 is 2.27 bits per heavy atom. The minimum absolute atomic E-state index is 0.181. The number of hydrazine groups is 1. The maximum absolute atomic E-state index is 5.56. The van der Waals surface area contributed by atoms with E-state index in [9.17, 15) is 0 Å². The fourth-order valence-corrected chi connectivity index (χ4v) is 2.17. The highest BCUT2D eigenvalue weighted by atomic mass is 15.3. The van der Waals surface area contributed by atoms with E-state index in [-0.39, 0.29) is 6.04 Å². The van der Waals surface area contributed by atoms with E-state index in [0.29, 0.717) is 12.5 Å². The molecule has 0 saturated carbocycles. The summed E-state index contributed by atoms with van der Waals surface area (Å²) in [6.07, 6.45) is 7.24. The first-order chi connectivity index (χ1) is 7.19. The minimum atomic E-state index is 0.181. The zero-order valence-electron chi connectivity index (χ0n) is 9.74. The van der Waals surface area contributed by atoms with Crippen molar-refractivity contribution in [2.45, 2.75) is 24.9 Å². The van der Waals surface area contributed by atoms with Crippen LogP contribution in [-0.4, -0.2) is 55.6 Å². The van der Waals surface area contributed by atoms with Gasteiger partial charge in [-0.2, -0.15) is 0 Å². The minimum Gasteiger partial charge on any atom is -0.305 e. The van der Waals surface area contributed by atoms with Gasteiger partial charge < -0.3 is 9.80 Å². The predicted octanol–water partition coefficient (Wildman–Crippen LogP) is -0.522. The highest BCUT2D eigenvalue weighted by Crippen LogP contribution is 2.11. The SMILES string of the molecule is C#CCC(NN)C1CN(C)CCCN1C. The molecule has 0 spiro atoms. The molecule has 1 heterocycles. The zero-order chi connectivity index (χ0) is 11.3. The molecule has 3 N–H and O–H groups in total. The van der Waals surface area contributed by atoms with E-state index in [0.717, 1.165) is 19.6 Å². The van der Waals surface area contributed by atoms with Crippen molar-refractivity contribution in [2.75, 3.05) is 33.7 Å². The Kier molecular flexibility index (Phi) is 5.06. The fraction of sp³-hybridized carbons (Fsp3) is 0.818. The summed E-state index contributed by atoms with van der Waals surface area (Å²) in [4.78, 5) is 4.69. The number of nitrogens with two attached hydrogens (primary N) is 1. The first kappa shape index (κ1) is 12.5. The number of hydrogen-bond donors (Lipinski definition) is 2. The zero-order valence-corrected chi connectivity index (χ0v) is 9.74. The maximum atomic E-state index is 5.56. The molecule has 0 aromatic rings. The van der Waals surface area contributed by atoms with Gasteiger partial charge in [-0.1, -0.05) is 0 Å². The van der Waals surface area contributed by atoms with Crippen LogP contribution in [0.1, 0.15) is 12.8 Å². The topological polar surface area (TPSA) is 44.5 Å². The second kappa shape index (κ2) is 6.09. The van der Waals surface area contributed by atoms with Crippen molar-refractivity contribution in [1.29, 1.82) is 0 Å². The fourth-order valence-electron chi connectivity index (χ4n) is 2.17. The van der Waals surface area contributed by atoms with Gasteiger partial charge in [-0.25, -0.2) is 0 Å². The van der Waals surface area contributed by atoms with E-state index in [4.69, 9.17) is 12.3 Å². The molecule has 1 fully saturated rings. The summed E-state index contributed by atoms with van der Waals surface area (Å²) in [6.45, 7) is 3.28. The van der Waals surface area contributed by atoms with Crippen LogP contribution < -0.4 is 11.3 Å². The Bertz CT molecular complexity index is 223. The van der Waals surface area contributed by atoms with Gasteiger partial charge in [0.1, 0.15) is 0 Å². The molecule has 2 unspecified atom stereocenters. The average Bonchev–Trinajstić information content (AvgIpc) is 2.37. The normalized spacial score (nSPS) is 26.9. The first-order valence-electron chi connectivity index (χ1n) is 5.47. The summed E-state index contributed by atoms with van der Waals surface area (Å²) in [7, 11) is 4.29. The van der Waals surface area contributed by atoms with E-state index < -0.39 is 0 Å². The molecule has 0 aromatic carbocycles. The maximum Gasteiger partial charge on any atom is 0.0487 e. The molecule has 1 aliphatic heterocycles. The third-order valence-electron chi connectivity index (χ3n) is 3.13. The monoisotopic (exact) mass is 210 g/mol. The lowest BCUT2D eigenvalue weighted by Crippen LogP contribution is -2.54. The van der Waals surface area contributed by atoms with E-state index in [1.165, 1.54) is 6.42 Å². The van der Waals surface area contributed by atoms with Gasteiger partial charge in [0.15, 0.2) is 0 Å². The van der Waals surface area contributed by atoms with Crippen molar-refractivity contribution in [3.05, 3.63) is 0 Å².